The zero-order chi connectivity index (χ0) is 14.9. The molecule has 2 nitrogen and oxygen atoms in total. The molecule has 4 heteroatoms. The van der Waals surface area contributed by atoms with Crippen molar-refractivity contribution in [2.24, 2.45) is 5.92 Å². The molecule has 1 aromatic carbocycles. The van der Waals surface area contributed by atoms with E-state index in [0.29, 0.717) is 13.2 Å². The Morgan fingerprint density at radius 2 is 2.05 bits per heavy atom. The minimum Gasteiger partial charge on any atom is -0.375 e. The summed E-state index contributed by atoms with van der Waals surface area (Å²) in [6.07, 6.45) is 5.13. The van der Waals surface area contributed by atoms with Crippen LogP contribution in [0.1, 0.15) is 50.6 Å². The topological polar surface area (TPSA) is 21.3 Å². The molecule has 2 aliphatic rings. The van der Waals surface area contributed by atoms with Crippen LogP contribution in [-0.2, 0) is 4.74 Å². The van der Waals surface area contributed by atoms with Gasteiger partial charge in [-0.25, -0.2) is 8.78 Å². The van der Waals surface area contributed by atoms with Gasteiger partial charge in [0.25, 0.3) is 0 Å². The van der Waals surface area contributed by atoms with E-state index in [1.54, 1.807) is 0 Å². The molecule has 1 spiro atoms. The van der Waals surface area contributed by atoms with Crippen molar-refractivity contribution in [2.45, 2.75) is 50.7 Å². The number of rotatable bonds is 4. The van der Waals surface area contributed by atoms with Crippen LogP contribution >= 0.6 is 0 Å². The van der Waals surface area contributed by atoms with Crippen LogP contribution in [0.2, 0.25) is 0 Å². The maximum Gasteiger partial charge on any atom is 0.130 e. The predicted octanol–water partition coefficient (Wildman–Crippen LogP) is 3.96. The van der Waals surface area contributed by atoms with Gasteiger partial charge in [0.2, 0.25) is 0 Å². The number of halogens is 2. The van der Waals surface area contributed by atoms with Crippen LogP contribution in [0, 0.1) is 17.6 Å². The average Bonchev–Trinajstić information content (AvgIpc) is 2.44. The van der Waals surface area contributed by atoms with Gasteiger partial charge in [0, 0.05) is 18.2 Å². The van der Waals surface area contributed by atoms with Crippen LogP contribution in [0.5, 0.6) is 0 Å². The van der Waals surface area contributed by atoms with Gasteiger partial charge in [-0.05, 0) is 56.7 Å². The molecule has 116 valence electrons. The maximum atomic E-state index is 14.2. The molecule has 1 heterocycles. The third kappa shape index (κ3) is 2.84. The van der Waals surface area contributed by atoms with E-state index in [4.69, 9.17) is 4.74 Å². The first kappa shape index (κ1) is 14.9. The summed E-state index contributed by atoms with van der Waals surface area (Å²) in [6, 6.07) is 3.86. The van der Waals surface area contributed by atoms with Gasteiger partial charge >= 0.3 is 0 Å². The second-order valence-corrected chi connectivity index (χ2v) is 6.31. The molecule has 1 aliphatic carbocycles. The van der Waals surface area contributed by atoms with Crippen molar-refractivity contribution >= 4 is 0 Å². The Kier molecular flexibility index (Phi) is 4.27. The summed E-state index contributed by atoms with van der Waals surface area (Å²) in [5, 5.41) is 3.30. The molecule has 1 aliphatic heterocycles. The van der Waals surface area contributed by atoms with Crippen LogP contribution < -0.4 is 5.32 Å². The first-order valence-corrected chi connectivity index (χ1v) is 7.96. The molecule has 3 rings (SSSR count). The Hall–Kier alpha value is -1.00. The van der Waals surface area contributed by atoms with Gasteiger partial charge in [0.1, 0.15) is 11.6 Å². The average molecular weight is 295 g/mol. The fraction of sp³-hybridized carbons (Fsp3) is 0.647. The highest BCUT2D eigenvalue weighted by atomic mass is 19.1. The number of ether oxygens (including phenoxy) is 1. The lowest BCUT2D eigenvalue weighted by Gasteiger charge is -2.49. The minimum atomic E-state index is -0.449. The lowest BCUT2D eigenvalue weighted by Crippen LogP contribution is -2.48. The van der Waals surface area contributed by atoms with Crippen molar-refractivity contribution < 1.29 is 13.5 Å². The fourth-order valence-electron chi connectivity index (χ4n) is 3.80. The van der Waals surface area contributed by atoms with Gasteiger partial charge < -0.3 is 10.1 Å². The quantitative estimate of drug-likeness (QED) is 0.907. The number of nitrogens with one attached hydrogen (secondary N) is 1. The summed E-state index contributed by atoms with van der Waals surface area (Å²) in [6.45, 7) is 3.37. The standard InChI is InChI=1S/C17H23F2NO/c1-2-20-16(15-13(18)5-3-6-14(15)19)12-7-10-21-17(11-12)8-4-9-17/h3,5-6,12,16,20H,2,4,7-11H2,1H3. The first-order valence-electron chi connectivity index (χ1n) is 7.96. The number of hydrogen-bond acceptors (Lipinski definition) is 2. The normalized spacial score (nSPS) is 25.6. The van der Waals surface area contributed by atoms with Crippen molar-refractivity contribution in [3.05, 3.63) is 35.4 Å². The molecule has 2 atom stereocenters. The minimum absolute atomic E-state index is 0.0156. The fourth-order valence-corrected chi connectivity index (χ4v) is 3.80. The summed E-state index contributed by atoms with van der Waals surface area (Å²) in [4.78, 5) is 0. The molecule has 2 fully saturated rings. The van der Waals surface area contributed by atoms with E-state index < -0.39 is 11.6 Å². The number of benzene rings is 1. The van der Waals surface area contributed by atoms with E-state index >= 15 is 0 Å². The first-order chi connectivity index (χ1) is 10.2. The van der Waals surface area contributed by atoms with Gasteiger partial charge in [0.05, 0.1) is 5.60 Å². The molecular weight excluding hydrogens is 272 g/mol. The number of hydrogen-bond donors (Lipinski definition) is 1. The summed E-state index contributed by atoms with van der Waals surface area (Å²) in [5.41, 5.74) is 0.180. The molecule has 0 amide bonds. The van der Waals surface area contributed by atoms with E-state index in [-0.39, 0.29) is 23.1 Å². The van der Waals surface area contributed by atoms with Gasteiger partial charge in [-0.2, -0.15) is 0 Å². The Morgan fingerprint density at radius 1 is 1.33 bits per heavy atom. The summed E-state index contributed by atoms with van der Waals surface area (Å²) >= 11 is 0. The van der Waals surface area contributed by atoms with E-state index in [2.05, 4.69) is 5.32 Å². The molecule has 1 N–H and O–H groups in total. The zero-order valence-electron chi connectivity index (χ0n) is 12.5. The molecule has 0 radical (unpaired) electrons. The molecule has 1 aromatic rings. The van der Waals surface area contributed by atoms with Crippen molar-refractivity contribution in [3.63, 3.8) is 0 Å². The van der Waals surface area contributed by atoms with Gasteiger partial charge in [-0.15, -0.1) is 0 Å². The second kappa shape index (κ2) is 6.01. The van der Waals surface area contributed by atoms with E-state index in [1.807, 2.05) is 6.92 Å². The van der Waals surface area contributed by atoms with E-state index in [9.17, 15) is 8.78 Å². The molecular formula is C17H23F2NO. The van der Waals surface area contributed by atoms with E-state index in [1.165, 1.54) is 24.6 Å². The van der Waals surface area contributed by atoms with Crippen molar-refractivity contribution in [2.75, 3.05) is 13.2 Å². The predicted molar refractivity (Wildman–Crippen MR) is 78.0 cm³/mol. The highest BCUT2D eigenvalue weighted by Gasteiger charge is 2.45. The Labute approximate surface area is 124 Å². The highest BCUT2D eigenvalue weighted by Crippen LogP contribution is 2.47. The Bertz CT molecular complexity index is 481. The van der Waals surface area contributed by atoms with Crippen LogP contribution in [-0.4, -0.2) is 18.8 Å². The van der Waals surface area contributed by atoms with Crippen molar-refractivity contribution in [3.8, 4) is 0 Å². The summed E-state index contributed by atoms with van der Waals surface area (Å²) in [7, 11) is 0. The third-order valence-electron chi connectivity index (χ3n) is 5.00. The van der Waals surface area contributed by atoms with Crippen LogP contribution in [0.25, 0.3) is 0 Å². The highest BCUT2D eigenvalue weighted by molar-refractivity contribution is 5.24. The Balaban J connectivity index is 1.87. The maximum absolute atomic E-state index is 14.2. The molecule has 2 unspecified atom stereocenters. The SMILES string of the molecule is CCNC(c1c(F)cccc1F)C1CCOC2(CCC2)C1. The summed E-state index contributed by atoms with van der Waals surface area (Å²) in [5.74, 6) is -0.671. The molecule has 0 bridgehead atoms. The molecule has 1 saturated carbocycles. The Morgan fingerprint density at radius 3 is 2.62 bits per heavy atom. The van der Waals surface area contributed by atoms with Crippen molar-refractivity contribution in [1.82, 2.24) is 5.32 Å². The molecule has 1 saturated heterocycles. The molecule has 0 aromatic heterocycles. The van der Waals surface area contributed by atoms with Crippen LogP contribution in [0.3, 0.4) is 0 Å². The lowest BCUT2D eigenvalue weighted by molar-refractivity contribution is -0.147. The summed E-state index contributed by atoms with van der Waals surface area (Å²) < 4.78 is 34.3. The third-order valence-corrected chi connectivity index (χ3v) is 5.00. The zero-order valence-corrected chi connectivity index (χ0v) is 12.5. The largest absolute Gasteiger partial charge is 0.375 e. The van der Waals surface area contributed by atoms with Crippen molar-refractivity contribution in [1.29, 1.82) is 0 Å². The molecule has 21 heavy (non-hydrogen) atoms. The van der Waals surface area contributed by atoms with Gasteiger partial charge in [0.15, 0.2) is 0 Å². The van der Waals surface area contributed by atoms with E-state index in [0.717, 1.165) is 25.7 Å². The van der Waals surface area contributed by atoms with Gasteiger partial charge in [-0.3, -0.25) is 0 Å². The monoisotopic (exact) mass is 295 g/mol. The van der Waals surface area contributed by atoms with Gasteiger partial charge in [-0.1, -0.05) is 13.0 Å². The lowest BCUT2D eigenvalue weighted by atomic mass is 9.69. The smallest absolute Gasteiger partial charge is 0.130 e. The van der Waals surface area contributed by atoms with Crippen LogP contribution in [0.15, 0.2) is 18.2 Å². The van der Waals surface area contributed by atoms with Crippen LogP contribution in [0.4, 0.5) is 8.78 Å². The second-order valence-electron chi connectivity index (χ2n) is 6.31.